The van der Waals surface area contributed by atoms with Crippen molar-refractivity contribution in [1.82, 2.24) is 4.98 Å². The van der Waals surface area contributed by atoms with Crippen LogP contribution in [0.15, 0.2) is 41.1 Å². The second kappa shape index (κ2) is 5.14. The van der Waals surface area contributed by atoms with Crippen molar-refractivity contribution in [1.29, 1.82) is 0 Å². The number of hydrogen-bond donors (Lipinski definition) is 1. The van der Waals surface area contributed by atoms with Crippen LogP contribution in [0.3, 0.4) is 0 Å². The number of pyridine rings is 1. The molecule has 0 fully saturated rings. The lowest BCUT2D eigenvalue weighted by Crippen LogP contribution is -1.91. The zero-order valence-electron chi connectivity index (χ0n) is 9.08. The lowest BCUT2D eigenvalue weighted by atomic mass is 10.3. The molecule has 88 valence electrons. The minimum atomic E-state index is -0.320. The Morgan fingerprint density at radius 1 is 1.24 bits per heavy atom. The molecule has 17 heavy (non-hydrogen) atoms. The Morgan fingerprint density at radius 2 is 2.06 bits per heavy atom. The van der Waals surface area contributed by atoms with Crippen molar-refractivity contribution in [2.75, 3.05) is 12.4 Å². The van der Waals surface area contributed by atoms with Gasteiger partial charge in [0, 0.05) is 13.1 Å². The van der Waals surface area contributed by atoms with E-state index in [4.69, 9.17) is 4.74 Å². The van der Waals surface area contributed by atoms with Crippen molar-refractivity contribution in [2.45, 2.75) is 0 Å². The number of anilines is 1. The molecule has 0 aliphatic heterocycles. The van der Waals surface area contributed by atoms with Gasteiger partial charge in [0.25, 0.3) is 0 Å². The molecule has 0 atom stereocenters. The minimum absolute atomic E-state index is 0.320. The summed E-state index contributed by atoms with van der Waals surface area (Å²) in [5.74, 6) is 0.822. The van der Waals surface area contributed by atoms with Crippen LogP contribution in [0.1, 0.15) is 0 Å². The average molecular weight is 297 g/mol. The number of hydrogen-bond acceptors (Lipinski definition) is 3. The molecule has 0 aliphatic rings. The smallest absolute Gasteiger partial charge is 0.147 e. The number of nitrogens with zero attached hydrogens (tertiary/aromatic N) is 1. The summed E-state index contributed by atoms with van der Waals surface area (Å²) in [4.78, 5) is 4.02. The number of rotatable bonds is 3. The third-order valence-corrected chi connectivity index (χ3v) is 2.74. The molecule has 0 unspecified atom stereocenters. The average Bonchev–Trinajstić information content (AvgIpc) is 2.34. The largest absolute Gasteiger partial charge is 0.456 e. The molecule has 0 spiro atoms. The number of aromatic nitrogens is 1. The Labute approximate surface area is 107 Å². The summed E-state index contributed by atoms with van der Waals surface area (Å²) < 4.78 is 19.0. The molecule has 2 rings (SSSR count). The Bertz CT molecular complexity index is 534. The molecular formula is C12H10BrFN2O. The molecular weight excluding hydrogens is 287 g/mol. The number of halogens is 2. The molecule has 0 bridgehead atoms. The summed E-state index contributed by atoms with van der Waals surface area (Å²) in [6.07, 6.45) is 3.28. The van der Waals surface area contributed by atoms with E-state index in [-0.39, 0.29) is 5.82 Å². The van der Waals surface area contributed by atoms with E-state index in [2.05, 4.69) is 26.2 Å². The molecule has 1 N–H and O–H groups in total. The van der Waals surface area contributed by atoms with Crippen LogP contribution >= 0.6 is 15.9 Å². The van der Waals surface area contributed by atoms with E-state index in [0.717, 1.165) is 5.69 Å². The van der Waals surface area contributed by atoms with Gasteiger partial charge < -0.3 is 10.1 Å². The monoisotopic (exact) mass is 296 g/mol. The van der Waals surface area contributed by atoms with Gasteiger partial charge in [-0.15, -0.1) is 0 Å². The first kappa shape index (κ1) is 11.9. The van der Waals surface area contributed by atoms with Crippen LogP contribution in [0, 0.1) is 5.82 Å². The van der Waals surface area contributed by atoms with Crippen molar-refractivity contribution >= 4 is 21.6 Å². The van der Waals surface area contributed by atoms with Gasteiger partial charge >= 0.3 is 0 Å². The molecule has 1 aromatic carbocycles. The Kier molecular flexibility index (Phi) is 3.58. The summed E-state index contributed by atoms with van der Waals surface area (Å²) in [5.41, 5.74) is 0.851. The van der Waals surface area contributed by atoms with Gasteiger partial charge in [-0.25, -0.2) is 4.39 Å². The Hall–Kier alpha value is -1.62. The molecule has 0 amide bonds. The van der Waals surface area contributed by atoms with Crippen LogP contribution in [0.5, 0.6) is 11.5 Å². The fourth-order valence-corrected chi connectivity index (χ4v) is 1.65. The zero-order chi connectivity index (χ0) is 12.3. The Morgan fingerprint density at radius 3 is 2.76 bits per heavy atom. The first-order valence-electron chi connectivity index (χ1n) is 4.95. The first-order valence-corrected chi connectivity index (χ1v) is 5.74. The normalized spacial score (nSPS) is 10.1. The molecule has 2 aromatic rings. The van der Waals surface area contributed by atoms with E-state index >= 15 is 0 Å². The molecule has 1 aromatic heterocycles. The third kappa shape index (κ3) is 2.94. The van der Waals surface area contributed by atoms with Crippen LogP contribution in [0.25, 0.3) is 0 Å². The van der Waals surface area contributed by atoms with E-state index in [0.29, 0.717) is 16.0 Å². The molecule has 0 saturated carbocycles. The topological polar surface area (TPSA) is 34.2 Å². The van der Waals surface area contributed by atoms with Gasteiger partial charge in [-0.1, -0.05) is 0 Å². The zero-order valence-corrected chi connectivity index (χ0v) is 10.7. The van der Waals surface area contributed by atoms with Gasteiger partial charge in [-0.2, -0.15) is 0 Å². The molecule has 0 radical (unpaired) electrons. The lowest BCUT2D eigenvalue weighted by molar-refractivity contribution is 0.478. The van der Waals surface area contributed by atoms with Crippen LogP contribution < -0.4 is 10.1 Å². The van der Waals surface area contributed by atoms with Crippen LogP contribution in [-0.4, -0.2) is 12.0 Å². The van der Waals surface area contributed by atoms with E-state index in [1.807, 2.05) is 6.07 Å². The second-order valence-corrected chi connectivity index (χ2v) is 4.19. The van der Waals surface area contributed by atoms with E-state index in [1.54, 1.807) is 31.6 Å². The minimum Gasteiger partial charge on any atom is -0.456 e. The molecule has 3 nitrogen and oxygen atoms in total. The maximum atomic E-state index is 13.0. The lowest BCUT2D eigenvalue weighted by Gasteiger charge is -2.07. The molecule has 5 heteroatoms. The van der Waals surface area contributed by atoms with Gasteiger partial charge in [-0.05, 0) is 34.1 Å². The summed E-state index contributed by atoms with van der Waals surface area (Å²) in [5, 5.41) is 2.96. The SMILES string of the molecule is CNc1cncc(Oc2ccc(F)c(Br)c2)c1. The fourth-order valence-electron chi connectivity index (χ4n) is 1.29. The summed E-state index contributed by atoms with van der Waals surface area (Å²) in [6.45, 7) is 0. The molecule has 1 heterocycles. The van der Waals surface area contributed by atoms with Crippen LogP contribution in [-0.2, 0) is 0 Å². The van der Waals surface area contributed by atoms with Crippen LogP contribution in [0.2, 0.25) is 0 Å². The maximum Gasteiger partial charge on any atom is 0.147 e. The van der Waals surface area contributed by atoms with E-state index < -0.39 is 0 Å². The van der Waals surface area contributed by atoms with Crippen LogP contribution in [0.4, 0.5) is 10.1 Å². The quantitative estimate of drug-likeness (QED) is 0.935. The Balaban J connectivity index is 2.22. The second-order valence-electron chi connectivity index (χ2n) is 3.34. The van der Waals surface area contributed by atoms with Gasteiger partial charge in [-0.3, -0.25) is 4.98 Å². The van der Waals surface area contributed by atoms with Crippen molar-refractivity contribution in [3.63, 3.8) is 0 Å². The van der Waals surface area contributed by atoms with Crippen molar-refractivity contribution < 1.29 is 9.13 Å². The highest BCUT2D eigenvalue weighted by atomic mass is 79.9. The number of ether oxygens (including phenoxy) is 1. The summed E-state index contributed by atoms with van der Waals surface area (Å²) in [6, 6.07) is 6.28. The number of nitrogens with one attached hydrogen (secondary N) is 1. The summed E-state index contributed by atoms with van der Waals surface area (Å²) >= 11 is 3.10. The molecule has 0 saturated heterocycles. The highest BCUT2D eigenvalue weighted by Gasteiger charge is 2.03. The van der Waals surface area contributed by atoms with Gasteiger partial charge in [0.15, 0.2) is 0 Å². The van der Waals surface area contributed by atoms with E-state index in [1.165, 1.54) is 6.07 Å². The standard InChI is InChI=1S/C12H10BrFN2O/c1-15-8-4-10(7-16-6-8)17-9-2-3-12(14)11(13)5-9/h2-7,15H,1H3. The van der Waals surface area contributed by atoms with Crippen molar-refractivity contribution in [2.24, 2.45) is 0 Å². The van der Waals surface area contributed by atoms with Crippen molar-refractivity contribution in [3.05, 3.63) is 46.9 Å². The third-order valence-electron chi connectivity index (χ3n) is 2.13. The van der Waals surface area contributed by atoms with E-state index in [9.17, 15) is 4.39 Å². The van der Waals surface area contributed by atoms with Gasteiger partial charge in [0.2, 0.25) is 0 Å². The van der Waals surface area contributed by atoms with Gasteiger partial charge in [0.1, 0.15) is 17.3 Å². The number of benzene rings is 1. The highest BCUT2D eigenvalue weighted by molar-refractivity contribution is 9.10. The van der Waals surface area contributed by atoms with Crippen molar-refractivity contribution in [3.8, 4) is 11.5 Å². The predicted molar refractivity (Wildman–Crippen MR) is 68.0 cm³/mol. The maximum absolute atomic E-state index is 13.0. The molecule has 0 aliphatic carbocycles. The fraction of sp³-hybridized carbons (Fsp3) is 0.0833. The predicted octanol–water partition coefficient (Wildman–Crippen LogP) is 3.82. The van der Waals surface area contributed by atoms with Gasteiger partial charge in [0.05, 0.1) is 22.6 Å². The highest BCUT2D eigenvalue weighted by Crippen LogP contribution is 2.26. The first-order chi connectivity index (χ1) is 8.19. The summed E-state index contributed by atoms with van der Waals surface area (Å²) in [7, 11) is 1.80.